The third-order valence-corrected chi connectivity index (χ3v) is 6.33. The standard InChI is InChI=1S/C24H27FN6O/c1-3-18(23-28-21-6-5-19(25)13-20(21)24(32)29-23)12-16(2)30-8-10-31(11-9-30)22-7-4-17(14-26)15-27-22/h4-7,13,15-16,18H,3,8-12H2,1-2H3,(H,28,29,32)/t16-,18?/m1/s1. The number of fused-ring (bicyclic) bond motifs is 1. The molecular formula is C24H27FN6O. The van der Waals surface area contributed by atoms with Crippen LogP contribution in [0.1, 0.15) is 44.0 Å². The minimum atomic E-state index is -0.437. The van der Waals surface area contributed by atoms with Crippen molar-refractivity contribution < 1.29 is 4.39 Å². The Morgan fingerprint density at radius 3 is 2.66 bits per heavy atom. The van der Waals surface area contributed by atoms with E-state index >= 15 is 0 Å². The molecule has 1 N–H and O–H groups in total. The van der Waals surface area contributed by atoms with Crippen molar-refractivity contribution in [2.24, 2.45) is 0 Å². The number of aromatic amines is 1. The lowest BCUT2D eigenvalue weighted by Crippen LogP contribution is -2.50. The lowest BCUT2D eigenvalue weighted by molar-refractivity contribution is 0.179. The van der Waals surface area contributed by atoms with Crippen LogP contribution in [0.15, 0.2) is 41.3 Å². The van der Waals surface area contributed by atoms with Crippen LogP contribution < -0.4 is 10.5 Å². The van der Waals surface area contributed by atoms with Crippen LogP contribution in [-0.4, -0.2) is 52.1 Å². The molecule has 1 aliphatic rings. The van der Waals surface area contributed by atoms with Crippen LogP contribution >= 0.6 is 0 Å². The number of rotatable bonds is 6. The van der Waals surface area contributed by atoms with Gasteiger partial charge in [0.15, 0.2) is 0 Å². The molecule has 1 aromatic carbocycles. The SMILES string of the molecule is CCC(C[C@@H](C)N1CCN(c2ccc(C#N)cn2)CC1)c1nc2ccc(F)cc2c(=O)[nH]1. The maximum absolute atomic E-state index is 13.5. The maximum atomic E-state index is 13.5. The number of benzene rings is 1. The van der Waals surface area contributed by atoms with E-state index < -0.39 is 5.82 Å². The molecule has 166 valence electrons. The minimum Gasteiger partial charge on any atom is -0.354 e. The fourth-order valence-electron chi connectivity index (χ4n) is 4.39. The molecule has 0 aliphatic carbocycles. The number of H-pyrrole nitrogens is 1. The van der Waals surface area contributed by atoms with Crippen molar-refractivity contribution in [3.8, 4) is 6.07 Å². The summed E-state index contributed by atoms with van der Waals surface area (Å²) in [6, 6.07) is 10.3. The summed E-state index contributed by atoms with van der Waals surface area (Å²) in [5.41, 5.74) is 0.802. The second kappa shape index (κ2) is 9.45. The minimum absolute atomic E-state index is 0.116. The highest BCUT2D eigenvalue weighted by atomic mass is 19.1. The molecule has 32 heavy (non-hydrogen) atoms. The Hall–Kier alpha value is -3.31. The monoisotopic (exact) mass is 434 g/mol. The zero-order chi connectivity index (χ0) is 22.7. The van der Waals surface area contributed by atoms with Crippen molar-refractivity contribution in [2.75, 3.05) is 31.1 Å². The first kappa shape index (κ1) is 21.9. The lowest BCUT2D eigenvalue weighted by atomic mass is 9.95. The molecule has 1 saturated heterocycles. The van der Waals surface area contributed by atoms with Gasteiger partial charge in [-0.2, -0.15) is 5.26 Å². The summed E-state index contributed by atoms with van der Waals surface area (Å²) < 4.78 is 13.5. The first-order chi connectivity index (χ1) is 15.5. The van der Waals surface area contributed by atoms with Crippen molar-refractivity contribution >= 4 is 16.7 Å². The largest absolute Gasteiger partial charge is 0.354 e. The predicted molar refractivity (Wildman–Crippen MR) is 122 cm³/mol. The summed E-state index contributed by atoms with van der Waals surface area (Å²) in [6.45, 7) is 7.89. The van der Waals surface area contributed by atoms with Crippen molar-refractivity contribution in [1.82, 2.24) is 19.9 Å². The number of hydrogen-bond acceptors (Lipinski definition) is 6. The van der Waals surface area contributed by atoms with Crippen molar-refractivity contribution in [3.63, 3.8) is 0 Å². The second-order valence-electron chi connectivity index (χ2n) is 8.34. The molecule has 1 fully saturated rings. The van der Waals surface area contributed by atoms with E-state index in [0.717, 1.165) is 44.8 Å². The van der Waals surface area contributed by atoms with Crippen LogP contribution in [0.25, 0.3) is 10.9 Å². The number of hydrogen-bond donors (Lipinski definition) is 1. The predicted octanol–water partition coefficient (Wildman–Crippen LogP) is 3.42. The van der Waals surface area contributed by atoms with E-state index in [1.807, 2.05) is 6.07 Å². The number of nitrogens with one attached hydrogen (secondary N) is 1. The number of anilines is 1. The molecule has 7 nitrogen and oxygen atoms in total. The second-order valence-corrected chi connectivity index (χ2v) is 8.34. The van der Waals surface area contributed by atoms with Gasteiger partial charge in [0, 0.05) is 44.3 Å². The van der Waals surface area contributed by atoms with Gasteiger partial charge in [-0.3, -0.25) is 9.69 Å². The third kappa shape index (κ3) is 4.63. The molecule has 0 saturated carbocycles. The third-order valence-electron chi connectivity index (χ3n) is 6.33. The van der Waals surface area contributed by atoms with Gasteiger partial charge < -0.3 is 9.88 Å². The van der Waals surface area contributed by atoms with E-state index in [2.05, 4.69) is 44.7 Å². The van der Waals surface area contributed by atoms with Crippen LogP contribution in [0.3, 0.4) is 0 Å². The van der Waals surface area contributed by atoms with Crippen LogP contribution in [0.4, 0.5) is 10.2 Å². The van der Waals surface area contributed by atoms with Gasteiger partial charge in [-0.1, -0.05) is 6.92 Å². The summed E-state index contributed by atoms with van der Waals surface area (Å²) >= 11 is 0. The zero-order valence-corrected chi connectivity index (χ0v) is 18.4. The van der Waals surface area contributed by atoms with Gasteiger partial charge in [-0.15, -0.1) is 0 Å². The van der Waals surface area contributed by atoms with E-state index in [1.165, 1.54) is 12.1 Å². The van der Waals surface area contributed by atoms with Crippen molar-refractivity contribution in [1.29, 1.82) is 5.26 Å². The number of pyridine rings is 1. The van der Waals surface area contributed by atoms with E-state index in [1.54, 1.807) is 18.3 Å². The Morgan fingerprint density at radius 2 is 2.00 bits per heavy atom. The van der Waals surface area contributed by atoms with Crippen LogP contribution in [0.2, 0.25) is 0 Å². The summed E-state index contributed by atoms with van der Waals surface area (Å²) in [4.78, 5) is 29.1. The first-order valence-electron chi connectivity index (χ1n) is 11.0. The summed E-state index contributed by atoms with van der Waals surface area (Å²) in [5, 5.41) is 9.22. The van der Waals surface area contributed by atoms with Crippen LogP contribution in [-0.2, 0) is 0 Å². The topological polar surface area (TPSA) is 88.9 Å². The number of aromatic nitrogens is 3. The Balaban J connectivity index is 1.41. The van der Waals surface area contributed by atoms with E-state index in [4.69, 9.17) is 5.26 Å². The highest BCUT2D eigenvalue weighted by molar-refractivity contribution is 5.77. The fourth-order valence-corrected chi connectivity index (χ4v) is 4.39. The molecule has 3 aromatic rings. The van der Waals surface area contributed by atoms with Gasteiger partial charge in [0.05, 0.1) is 16.5 Å². The summed E-state index contributed by atoms with van der Waals surface area (Å²) in [7, 11) is 0. The van der Waals surface area contributed by atoms with Crippen LogP contribution in [0, 0.1) is 17.1 Å². The molecule has 2 atom stereocenters. The highest BCUT2D eigenvalue weighted by Crippen LogP contribution is 2.25. The maximum Gasteiger partial charge on any atom is 0.258 e. The van der Waals surface area contributed by atoms with E-state index in [0.29, 0.717) is 22.9 Å². The smallest absolute Gasteiger partial charge is 0.258 e. The number of nitriles is 1. The van der Waals surface area contributed by atoms with Gasteiger partial charge in [0.1, 0.15) is 23.5 Å². The fraction of sp³-hybridized carbons (Fsp3) is 0.417. The summed E-state index contributed by atoms with van der Waals surface area (Å²) in [6.07, 6.45) is 3.35. The molecule has 4 rings (SSSR count). The van der Waals surface area contributed by atoms with Gasteiger partial charge in [-0.25, -0.2) is 14.4 Å². The van der Waals surface area contributed by atoms with Crippen LogP contribution in [0.5, 0.6) is 0 Å². The molecule has 0 spiro atoms. The molecule has 2 aromatic heterocycles. The van der Waals surface area contributed by atoms with E-state index in [9.17, 15) is 9.18 Å². The van der Waals surface area contributed by atoms with Gasteiger partial charge in [-0.05, 0) is 50.1 Å². The molecule has 8 heteroatoms. The average molecular weight is 435 g/mol. The van der Waals surface area contributed by atoms with Gasteiger partial charge >= 0.3 is 0 Å². The normalized spacial score (nSPS) is 16.6. The first-order valence-corrected chi connectivity index (χ1v) is 11.0. The molecule has 0 radical (unpaired) electrons. The van der Waals surface area contributed by atoms with E-state index in [-0.39, 0.29) is 16.9 Å². The molecule has 0 bridgehead atoms. The van der Waals surface area contributed by atoms with Gasteiger partial charge in [0.25, 0.3) is 5.56 Å². The Bertz CT molecular complexity index is 1180. The Morgan fingerprint density at radius 1 is 1.22 bits per heavy atom. The molecular weight excluding hydrogens is 407 g/mol. The number of nitrogens with zero attached hydrogens (tertiary/aromatic N) is 5. The molecule has 1 aliphatic heterocycles. The Kier molecular flexibility index (Phi) is 6.47. The average Bonchev–Trinajstić information content (AvgIpc) is 2.83. The number of halogens is 1. The molecule has 3 heterocycles. The number of piperazine rings is 1. The van der Waals surface area contributed by atoms with Gasteiger partial charge in [0.2, 0.25) is 0 Å². The molecule has 1 unspecified atom stereocenters. The van der Waals surface area contributed by atoms with Crippen molar-refractivity contribution in [2.45, 2.75) is 38.6 Å². The molecule has 0 amide bonds. The highest BCUT2D eigenvalue weighted by Gasteiger charge is 2.25. The zero-order valence-electron chi connectivity index (χ0n) is 18.4. The lowest BCUT2D eigenvalue weighted by Gasteiger charge is -2.39. The summed E-state index contributed by atoms with van der Waals surface area (Å²) in [5.74, 6) is 1.25. The Labute approximate surface area is 186 Å². The quantitative estimate of drug-likeness (QED) is 0.640. The van der Waals surface area contributed by atoms with Crippen molar-refractivity contribution in [3.05, 3.63) is 64.1 Å².